The van der Waals surface area contributed by atoms with Gasteiger partial charge in [0.25, 0.3) is 5.91 Å². The number of anilines is 1. The molecule has 21 heavy (non-hydrogen) atoms. The van der Waals surface area contributed by atoms with Crippen molar-refractivity contribution in [1.82, 2.24) is 5.32 Å². The summed E-state index contributed by atoms with van der Waals surface area (Å²) in [6, 6.07) is 5.43. The van der Waals surface area contributed by atoms with Crippen LogP contribution in [0.4, 0.5) is 5.69 Å². The lowest BCUT2D eigenvalue weighted by Gasteiger charge is -2.05. The standard InChI is InChI=1S/C15H17ClN2O2S/c1-2-3-7-20-8-6-18-15(19)14-13(17)11-9-10(16)4-5-12(11)21-14/h2,4-5,9H,1,3,6-8,17H2,(H,18,19). The Morgan fingerprint density at radius 3 is 3.05 bits per heavy atom. The molecule has 0 fully saturated rings. The fraction of sp³-hybridized carbons (Fsp3) is 0.267. The van der Waals surface area contributed by atoms with Gasteiger partial charge in [0.05, 0.1) is 18.9 Å². The lowest BCUT2D eigenvalue weighted by Crippen LogP contribution is -2.27. The fourth-order valence-electron chi connectivity index (χ4n) is 1.84. The summed E-state index contributed by atoms with van der Waals surface area (Å²) in [5.74, 6) is -0.183. The van der Waals surface area contributed by atoms with E-state index in [2.05, 4.69) is 11.9 Å². The van der Waals surface area contributed by atoms with Crippen LogP contribution in [0.15, 0.2) is 30.9 Å². The van der Waals surface area contributed by atoms with Crippen molar-refractivity contribution in [3.05, 3.63) is 40.8 Å². The highest BCUT2D eigenvalue weighted by Gasteiger charge is 2.16. The predicted molar refractivity (Wildman–Crippen MR) is 89.2 cm³/mol. The molecule has 4 nitrogen and oxygen atoms in total. The van der Waals surface area contributed by atoms with E-state index in [9.17, 15) is 4.79 Å². The quantitative estimate of drug-likeness (QED) is 0.605. The normalized spacial score (nSPS) is 10.7. The van der Waals surface area contributed by atoms with E-state index in [-0.39, 0.29) is 5.91 Å². The lowest BCUT2D eigenvalue weighted by molar-refractivity contribution is 0.0922. The predicted octanol–water partition coefficient (Wildman–Crippen LogP) is 3.46. The number of thiophene rings is 1. The van der Waals surface area contributed by atoms with Crippen LogP contribution in [0.2, 0.25) is 5.02 Å². The summed E-state index contributed by atoms with van der Waals surface area (Å²) in [7, 11) is 0. The van der Waals surface area contributed by atoms with E-state index in [0.717, 1.165) is 16.5 Å². The van der Waals surface area contributed by atoms with E-state index in [1.54, 1.807) is 18.2 Å². The molecule has 0 aliphatic heterocycles. The van der Waals surface area contributed by atoms with Gasteiger partial charge >= 0.3 is 0 Å². The number of carbonyl (C=O) groups is 1. The van der Waals surface area contributed by atoms with E-state index in [4.69, 9.17) is 22.1 Å². The van der Waals surface area contributed by atoms with E-state index < -0.39 is 0 Å². The first-order chi connectivity index (χ1) is 10.1. The van der Waals surface area contributed by atoms with Crippen LogP contribution >= 0.6 is 22.9 Å². The third kappa shape index (κ3) is 3.97. The SMILES string of the molecule is C=CCCOCCNC(=O)c1sc2ccc(Cl)cc2c1N. The highest BCUT2D eigenvalue weighted by molar-refractivity contribution is 7.21. The van der Waals surface area contributed by atoms with Crippen molar-refractivity contribution in [2.24, 2.45) is 0 Å². The number of hydrogen-bond acceptors (Lipinski definition) is 4. The summed E-state index contributed by atoms with van der Waals surface area (Å²) >= 11 is 7.31. The van der Waals surface area contributed by atoms with Gasteiger partial charge < -0.3 is 15.8 Å². The number of nitrogen functional groups attached to an aromatic ring is 1. The maximum Gasteiger partial charge on any atom is 0.263 e. The molecule has 0 unspecified atom stereocenters. The zero-order valence-corrected chi connectivity index (χ0v) is 13.1. The Bertz CT molecular complexity index is 654. The number of hydrogen-bond donors (Lipinski definition) is 2. The van der Waals surface area contributed by atoms with Gasteiger partial charge in [-0.15, -0.1) is 17.9 Å². The van der Waals surface area contributed by atoms with E-state index in [1.165, 1.54) is 11.3 Å². The van der Waals surface area contributed by atoms with Gasteiger partial charge in [-0.05, 0) is 24.6 Å². The molecule has 0 saturated heterocycles. The number of benzene rings is 1. The van der Waals surface area contributed by atoms with E-state index in [0.29, 0.717) is 35.3 Å². The molecule has 1 aromatic heterocycles. The minimum atomic E-state index is -0.183. The van der Waals surface area contributed by atoms with Crippen LogP contribution < -0.4 is 11.1 Å². The minimum absolute atomic E-state index is 0.183. The van der Waals surface area contributed by atoms with Crippen LogP contribution in [0.25, 0.3) is 10.1 Å². The van der Waals surface area contributed by atoms with Gasteiger partial charge in [0.15, 0.2) is 0 Å². The van der Waals surface area contributed by atoms with Crippen molar-refractivity contribution < 1.29 is 9.53 Å². The van der Waals surface area contributed by atoms with Crippen LogP contribution in [0, 0.1) is 0 Å². The van der Waals surface area contributed by atoms with Crippen molar-refractivity contribution in [2.75, 3.05) is 25.5 Å². The van der Waals surface area contributed by atoms with Gasteiger partial charge in [0, 0.05) is 21.7 Å². The Labute approximate surface area is 132 Å². The summed E-state index contributed by atoms with van der Waals surface area (Å²) in [6.07, 6.45) is 2.60. The molecule has 0 bridgehead atoms. The molecule has 2 rings (SSSR count). The van der Waals surface area contributed by atoms with E-state index >= 15 is 0 Å². The first-order valence-electron chi connectivity index (χ1n) is 6.58. The van der Waals surface area contributed by atoms with Crippen molar-refractivity contribution in [3.63, 3.8) is 0 Å². The molecule has 112 valence electrons. The fourth-order valence-corrected chi connectivity index (χ4v) is 3.04. The number of amides is 1. The number of nitrogens with two attached hydrogens (primary N) is 1. The second kappa shape index (κ2) is 7.45. The van der Waals surface area contributed by atoms with Crippen molar-refractivity contribution in [3.8, 4) is 0 Å². The van der Waals surface area contributed by atoms with Gasteiger partial charge in [-0.1, -0.05) is 17.7 Å². The number of nitrogens with one attached hydrogen (secondary N) is 1. The van der Waals surface area contributed by atoms with Gasteiger partial charge in [0.2, 0.25) is 0 Å². The molecule has 0 atom stereocenters. The number of carbonyl (C=O) groups excluding carboxylic acids is 1. The monoisotopic (exact) mass is 324 g/mol. The molecule has 0 saturated carbocycles. The van der Waals surface area contributed by atoms with Gasteiger partial charge in [0.1, 0.15) is 4.88 Å². The topological polar surface area (TPSA) is 64.3 Å². The average molecular weight is 325 g/mol. The minimum Gasteiger partial charge on any atom is -0.397 e. The summed E-state index contributed by atoms with van der Waals surface area (Å²) in [5.41, 5.74) is 6.50. The zero-order chi connectivity index (χ0) is 15.2. The van der Waals surface area contributed by atoms with Crippen molar-refractivity contribution >= 4 is 44.6 Å². The molecule has 1 heterocycles. The first kappa shape index (κ1) is 15.8. The third-order valence-electron chi connectivity index (χ3n) is 2.89. The van der Waals surface area contributed by atoms with Crippen LogP contribution in [0.5, 0.6) is 0 Å². The highest BCUT2D eigenvalue weighted by atomic mass is 35.5. The maximum absolute atomic E-state index is 12.1. The maximum atomic E-state index is 12.1. The summed E-state index contributed by atoms with van der Waals surface area (Å²) in [6.45, 7) is 5.14. The number of rotatable bonds is 7. The molecule has 3 N–H and O–H groups in total. The zero-order valence-electron chi connectivity index (χ0n) is 11.5. The van der Waals surface area contributed by atoms with Crippen LogP contribution in [-0.4, -0.2) is 25.7 Å². The molecule has 1 amide bonds. The largest absolute Gasteiger partial charge is 0.397 e. The Hall–Kier alpha value is -1.56. The van der Waals surface area contributed by atoms with Crippen LogP contribution in [0.3, 0.4) is 0 Å². The van der Waals surface area contributed by atoms with E-state index in [1.807, 2.05) is 6.07 Å². The van der Waals surface area contributed by atoms with Crippen LogP contribution in [0.1, 0.15) is 16.1 Å². The Morgan fingerprint density at radius 1 is 1.48 bits per heavy atom. The molecule has 1 aromatic carbocycles. The molecular formula is C15H17ClN2O2S. The second-order valence-corrected chi connectivity index (χ2v) is 5.92. The molecule has 0 radical (unpaired) electrons. The Kier molecular flexibility index (Phi) is 5.61. The molecular weight excluding hydrogens is 308 g/mol. The van der Waals surface area contributed by atoms with Crippen molar-refractivity contribution in [1.29, 1.82) is 0 Å². The Morgan fingerprint density at radius 2 is 2.29 bits per heavy atom. The average Bonchev–Trinajstić information content (AvgIpc) is 2.79. The summed E-state index contributed by atoms with van der Waals surface area (Å²) in [4.78, 5) is 12.6. The highest BCUT2D eigenvalue weighted by Crippen LogP contribution is 2.35. The van der Waals surface area contributed by atoms with Gasteiger partial charge in [-0.2, -0.15) is 0 Å². The Balaban J connectivity index is 1.96. The summed E-state index contributed by atoms with van der Waals surface area (Å²) < 4.78 is 6.28. The number of ether oxygens (including phenoxy) is 1. The molecule has 0 aliphatic carbocycles. The first-order valence-corrected chi connectivity index (χ1v) is 7.77. The van der Waals surface area contributed by atoms with Gasteiger partial charge in [-0.25, -0.2) is 0 Å². The third-order valence-corrected chi connectivity index (χ3v) is 4.31. The molecule has 0 spiro atoms. The molecule has 0 aliphatic rings. The molecule has 2 aromatic rings. The van der Waals surface area contributed by atoms with Crippen molar-refractivity contribution in [2.45, 2.75) is 6.42 Å². The number of halogens is 1. The smallest absolute Gasteiger partial charge is 0.263 e. The second-order valence-electron chi connectivity index (χ2n) is 4.43. The molecule has 6 heteroatoms. The number of fused-ring (bicyclic) bond motifs is 1. The summed E-state index contributed by atoms with van der Waals surface area (Å²) in [5, 5.41) is 4.23. The lowest BCUT2D eigenvalue weighted by atomic mass is 10.2. The van der Waals surface area contributed by atoms with Crippen LogP contribution in [-0.2, 0) is 4.74 Å². The van der Waals surface area contributed by atoms with Gasteiger partial charge in [-0.3, -0.25) is 4.79 Å².